The standard InChI is InChI=1S/C22H25ClN2O3S/c1-14(26)20-13-16-12-17(23)5-6-18(16)21(22-19(20)4-3-9-24-22)15-7-10-25(11-8-15)29(2,27)28/h3-4,9,12-13,15,21H,5-8,10-11H2,1-2H3. The Morgan fingerprint density at radius 1 is 1.21 bits per heavy atom. The Morgan fingerprint density at radius 3 is 2.59 bits per heavy atom. The summed E-state index contributed by atoms with van der Waals surface area (Å²) < 4.78 is 25.4. The zero-order valence-electron chi connectivity index (χ0n) is 16.7. The molecule has 1 fully saturated rings. The van der Waals surface area contributed by atoms with Gasteiger partial charge >= 0.3 is 0 Å². The molecule has 0 amide bonds. The van der Waals surface area contributed by atoms with Gasteiger partial charge < -0.3 is 0 Å². The van der Waals surface area contributed by atoms with Crippen LogP contribution in [0.2, 0.25) is 0 Å². The molecule has 1 saturated heterocycles. The van der Waals surface area contributed by atoms with Crippen LogP contribution in [0, 0.1) is 5.92 Å². The minimum Gasteiger partial charge on any atom is -0.294 e. The van der Waals surface area contributed by atoms with Gasteiger partial charge in [-0.25, -0.2) is 12.7 Å². The Bertz CT molecular complexity index is 1050. The van der Waals surface area contributed by atoms with Crippen LogP contribution in [-0.2, 0) is 14.8 Å². The molecule has 1 atom stereocenters. The van der Waals surface area contributed by atoms with Crippen molar-refractivity contribution in [3.63, 3.8) is 0 Å². The minimum atomic E-state index is -3.17. The molecule has 0 N–H and O–H groups in total. The molecule has 0 aromatic carbocycles. The van der Waals surface area contributed by atoms with Crippen molar-refractivity contribution in [2.75, 3.05) is 19.3 Å². The van der Waals surface area contributed by atoms with Gasteiger partial charge in [0.05, 0.1) is 11.9 Å². The second-order valence-electron chi connectivity index (χ2n) is 8.10. The molecule has 0 spiro atoms. The van der Waals surface area contributed by atoms with Gasteiger partial charge in [0.15, 0.2) is 5.78 Å². The summed E-state index contributed by atoms with van der Waals surface area (Å²) in [5.41, 5.74) is 4.76. The Kier molecular flexibility index (Phi) is 5.53. The topological polar surface area (TPSA) is 67.3 Å². The average Bonchev–Trinajstić information content (AvgIpc) is 2.82. The summed E-state index contributed by atoms with van der Waals surface area (Å²) in [4.78, 5) is 17.2. The van der Waals surface area contributed by atoms with Crippen LogP contribution in [0.25, 0.3) is 5.57 Å². The first-order chi connectivity index (χ1) is 13.8. The van der Waals surface area contributed by atoms with Gasteiger partial charge in [-0.1, -0.05) is 23.2 Å². The van der Waals surface area contributed by atoms with Gasteiger partial charge in [0.2, 0.25) is 10.0 Å². The van der Waals surface area contributed by atoms with E-state index in [2.05, 4.69) is 0 Å². The number of pyridine rings is 1. The number of fused-ring (bicyclic) bond motifs is 1. The summed E-state index contributed by atoms with van der Waals surface area (Å²) in [6.45, 7) is 2.63. The van der Waals surface area contributed by atoms with E-state index in [0.717, 1.165) is 47.5 Å². The maximum Gasteiger partial charge on any atom is 0.211 e. The average molecular weight is 433 g/mol. The second-order valence-corrected chi connectivity index (χ2v) is 10.6. The van der Waals surface area contributed by atoms with Crippen LogP contribution in [0.1, 0.15) is 49.8 Å². The molecule has 154 valence electrons. The zero-order valence-corrected chi connectivity index (χ0v) is 18.3. The van der Waals surface area contributed by atoms with Gasteiger partial charge in [-0.05, 0) is 62.3 Å². The van der Waals surface area contributed by atoms with Crippen molar-refractivity contribution in [2.45, 2.75) is 38.5 Å². The number of sulfonamides is 1. The largest absolute Gasteiger partial charge is 0.294 e. The predicted molar refractivity (Wildman–Crippen MR) is 115 cm³/mol. The Morgan fingerprint density at radius 2 is 1.93 bits per heavy atom. The first kappa shape index (κ1) is 20.5. The molecule has 2 aliphatic carbocycles. The van der Waals surface area contributed by atoms with Gasteiger partial charge in [-0.2, -0.15) is 0 Å². The van der Waals surface area contributed by atoms with E-state index < -0.39 is 10.0 Å². The van der Waals surface area contributed by atoms with Crippen molar-refractivity contribution in [2.24, 2.45) is 5.92 Å². The highest BCUT2D eigenvalue weighted by molar-refractivity contribution is 7.88. The smallest absolute Gasteiger partial charge is 0.211 e. The molecule has 29 heavy (non-hydrogen) atoms. The lowest BCUT2D eigenvalue weighted by molar-refractivity contribution is -0.111. The maximum absolute atomic E-state index is 12.5. The van der Waals surface area contributed by atoms with Crippen molar-refractivity contribution >= 4 is 33.0 Å². The number of allylic oxidation sites excluding steroid dienone is 6. The lowest BCUT2D eigenvalue weighted by Gasteiger charge is -2.37. The highest BCUT2D eigenvalue weighted by atomic mass is 35.5. The molecule has 0 radical (unpaired) electrons. The third kappa shape index (κ3) is 3.98. The highest BCUT2D eigenvalue weighted by Gasteiger charge is 2.37. The quantitative estimate of drug-likeness (QED) is 0.723. The Hall–Kier alpha value is -1.76. The number of ketones is 1. The van der Waals surface area contributed by atoms with E-state index in [-0.39, 0.29) is 17.6 Å². The Labute approximate surface area is 177 Å². The summed E-state index contributed by atoms with van der Waals surface area (Å²) in [6, 6.07) is 3.84. The third-order valence-corrected chi connectivity index (χ3v) is 7.83. The fraction of sp³-hybridized carbons (Fsp3) is 0.455. The Balaban J connectivity index is 1.81. The van der Waals surface area contributed by atoms with E-state index in [9.17, 15) is 13.2 Å². The lowest BCUT2D eigenvalue weighted by atomic mass is 9.74. The molecule has 0 saturated carbocycles. The molecule has 0 bridgehead atoms. The van der Waals surface area contributed by atoms with Crippen LogP contribution in [0.3, 0.4) is 0 Å². The van der Waals surface area contributed by atoms with Crippen LogP contribution in [0.15, 0.2) is 46.7 Å². The molecule has 1 unspecified atom stereocenters. The van der Waals surface area contributed by atoms with Crippen molar-refractivity contribution in [1.82, 2.24) is 9.29 Å². The fourth-order valence-corrected chi connectivity index (χ4v) is 5.92. The van der Waals surface area contributed by atoms with E-state index in [0.29, 0.717) is 18.7 Å². The van der Waals surface area contributed by atoms with E-state index in [1.165, 1.54) is 11.8 Å². The molecular weight excluding hydrogens is 408 g/mol. The van der Waals surface area contributed by atoms with Gasteiger partial charge in [0.1, 0.15) is 0 Å². The lowest BCUT2D eigenvalue weighted by Crippen LogP contribution is -2.39. The first-order valence-corrected chi connectivity index (χ1v) is 12.2. The number of aromatic nitrogens is 1. The van der Waals surface area contributed by atoms with Gasteiger partial charge in [-0.15, -0.1) is 0 Å². The van der Waals surface area contributed by atoms with Gasteiger partial charge in [0, 0.05) is 41.4 Å². The van der Waals surface area contributed by atoms with Crippen molar-refractivity contribution in [3.8, 4) is 0 Å². The number of halogens is 1. The van der Waals surface area contributed by atoms with Crippen molar-refractivity contribution < 1.29 is 13.2 Å². The van der Waals surface area contributed by atoms with Crippen LogP contribution < -0.4 is 0 Å². The molecule has 5 nitrogen and oxygen atoms in total. The number of hydrogen-bond acceptors (Lipinski definition) is 4. The molecule has 7 heteroatoms. The maximum atomic E-state index is 12.5. The van der Waals surface area contributed by atoms with Gasteiger partial charge in [0.25, 0.3) is 0 Å². The van der Waals surface area contributed by atoms with Crippen LogP contribution in [-0.4, -0.2) is 42.8 Å². The normalized spacial score (nSPS) is 23.6. The third-order valence-electron chi connectivity index (χ3n) is 6.23. The molecule has 1 aromatic heterocycles. The number of Topliss-reactive ketones (excluding diaryl/α,β-unsaturated/α-hetero) is 1. The van der Waals surface area contributed by atoms with E-state index in [1.807, 2.05) is 24.3 Å². The summed E-state index contributed by atoms with van der Waals surface area (Å²) in [5.74, 6) is 0.349. The van der Waals surface area contributed by atoms with Crippen LogP contribution in [0.4, 0.5) is 0 Å². The summed E-state index contributed by atoms with van der Waals surface area (Å²) in [5, 5.41) is 0.799. The number of rotatable bonds is 3. The number of hydrogen-bond donors (Lipinski definition) is 0. The molecule has 2 heterocycles. The number of nitrogens with zero attached hydrogens (tertiary/aromatic N) is 2. The van der Waals surface area contributed by atoms with Crippen LogP contribution in [0.5, 0.6) is 0 Å². The first-order valence-electron chi connectivity index (χ1n) is 9.98. The van der Waals surface area contributed by atoms with E-state index >= 15 is 0 Å². The van der Waals surface area contributed by atoms with Crippen molar-refractivity contribution in [3.05, 3.63) is 57.9 Å². The summed E-state index contributed by atoms with van der Waals surface area (Å²) >= 11 is 6.35. The van der Waals surface area contributed by atoms with Gasteiger partial charge in [-0.3, -0.25) is 9.78 Å². The molecule has 1 aliphatic heterocycles. The zero-order chi connectivity index (χ0) is 20.8. The minimum absolute atomic E-state index is 0.00809. The van der Waals surface area contributed by atoms with Crippen molar-refractivity contribution in [1.29, 1.82) is 0 Å². The highest BCUT2D eigenvalue weighted by Crippen LogP contribution is 2.47. The summed E-state index contributed by atoms with van der Waals surface area (Å²) in [6.07, 6.45) is 10.2. The monoisotopic (exact) mass is 432 g/mol. The molecule has 4 rings (SSSR count). The number of piperidine rings is 1. The summed E-state index contributed by atoms with van der Waals surface area (Å²) in [7, 11) is -3.17. The SMILES string of the molecule is CC(=O)C1=CC2=C(CCC(Cl)=C2)C(C2CCN(S(C)(=O)=O)CC2)c2ncccc21. The van der Waals surface area contributed by atoms with Crippen LogP contribution >= 0.6 is 11.6 Å². The molecular formula is C22H25ClN2O3S. The second kappa shape index (κ2) is 7.82. The number of carbonyl (C=O) groups excluding carboxylic acids is 1. The fourth-order valence-electron chi connectivity index (χ4n) is 4.83. The molecule has 1 aromatic rings. The van der Waals surface area contributed by atoms with E-state index in [1.54, 1.807) is 17.4 Å². The van der Waals surface area contributed by atoms with E-state index in [4.69, 9.17) is 16.6 Å². The number of carbonyl (C=O) groups is 1. The predicted octanol–water partition coefficient (Wildman–Crippen LogP) is 4.04. The molecule has 3 aliphatic rings.